The van der Waals surface area contributed by atoms with Crippen molar-refractivity contribution in [1.29, 1.82) is 0 Å². The molecule has 2 saturated heterocycles. The summed E-state index contributed by atoms with van der Waals surface area (Å²) in [7, 11) is 0. The average Bonchev–Trinajstić information content (AvgIpc) is 2.83. The van der Waals surface area contributed by atoms with Crippen LogP contribution in [0.25, 0.3) is 0 Å². The first kappa shape index (κ1) is 12.6. The van der Waals surface area contributed by atoms with Gasteiger partial charge in [-0.25, -0.2) is 0 Å². The summed E-state index contributed by atoms with van der Waals surface area (Å²) < 4.78 is 0. The summed E-state index contributed by atoms with van der Waals surface area (Å²) in [5.74, 6) is 0.322. The number of nitrogens with zero attached hydrogens (tertiary/aromatic N) is 2. The minimum atomic E-state index is 0.322. The Labute approximate surface area is 104 Å². The third kappa shape index (κ3) is 3.54. The molecule has 1 N–H and O–H groups in total. The molecule has 0 aromatic rings. The number of hydrogen-bond donors (Lipinski definition) is 1. The van der Waals surface area contributed by atoms with Crippen LogP contribution in [0.5, 0.6) is 0 Å². The van der Waals surface area contributed by atoms with E-state index in [1.807, 2.05) is 11.0 Å². The summed E-state index contributed by atoms with van der Waals surface area (Å²) in [6.07, 6.45) is 4.98. The lowest BCUT2D eigenvalue weighted by atomic mass is 10.1. The molecule has 0 aromatic heterocycles. The van der Waals surface area contributed by atoms with Crippen molar-refractivity contribution in [1.82, 2.24) is 15.1 Å². The Kier molecular flexibility index (Phi) is 4.57. The zero-order chi connectivity index (χ0) is 12.1. The fourth-order valence-electron chi connectivity index (χ4n) is 2.63. The van der Waals surface area contributed by atoms with Crippen molar-refractivity contribution in [3.8, 4) is 0 Å². The molecule has 17 heavy (non-hydrogen) atoms. The second-order valence-electron chi connectivity index (χ2n) is 4.97. The van der Waals surface area contributed by atoms with E-state index in [2.05, 4.69) is 16.8 Å². The zero-order valence-electron chi connectivity index (χ0n) is 10.5. The molecule has 2 aliphatic heterocycles. The van der Waals surface area contributed by atoms with Gasteiger partial charge in [0.15, 0.2) is 0 Å². The van der Waals surface area contributed by atoms with Crippen LogP contribution < -0.4 is 5.32 Å². The topological polar surface area (TPSA) is 35.6 Å². The van der Waals surface area contributed by atoms with Crippen LogP contribution in [-0.2, 0) is 4.79 Å². The highest BCUT2D eigenvalue weighted by molar-refractivity contribution is 5.77. The number of piperazine rings is 1. The molecule has 2 heterocycles. The molecule has 0 aliphatic carbocycles. The summed E-state index contributed by atoms with van der Waals surface area (Å²) >= 11 is 0. The Morgan fingerprint density at radius 2 is 2.12 bits per heavy atom. The fourth-order valence-corrected chi connectivity index (χ4v) is 2.63. The van der Waals surface area contributed by atoms with Crippen LogP contribution in [0, 0.1) is 0 Å². The molecule has 1 unspecified atom stereocenters. The number of amides is 1. The maximum absolute atomic E-state index is 12.1. The fraction of sp³-hybridized carbons (Fsp3) is 0.769. The normalized spacial score (nSPS) is 26.1. The molecule has 0 aromatic carbocycles. The van der Waals surface area contributed by atoms with Gasteiger partial charge < -0.3 is 10.2 Å². The Bertz CT molecular complexity index is 266. The second-order valence-corrected chi connectivity index (χ2v) is 4.97. The molecule has 2 fully saturated rings. The van der Waals surface area contributed by atoms with E-state index in [0.717, 1.165) is 45.7 Å². The molecule has 1 amide bonds. The van der Waals surface area contributed by atoms with Crippen LogP contribution in [0.15, 0.2) is 12.7 Å². The molecule has 1 atom stereocenters. The van der Waals surface area contributed by atoms with Crippen molar-refractivity contribution in [2.75, 3.05) is 39.3 Å². The highest BCUT2D eigenvalue weighted by atomic mass is 16.2. The first-order valence-corrected chi connectivity index (χ1v) is 6.64. The van der Waals surface area contributed by atoms with E-state index >= 15 is 0 Å². The smallest absolute Gasteiger partial charge is 0.224 e. The second kappa shape index (κ2) is 6.17. The molecule has 0 radical (unpaired) electrons. The van der Waals surface area contributed by atoms with Gasteiger partial charge in [0.05, 0.1) is 0 Å². The van der Waals surface area contributed by atoms with Crippen molar-refractivity contribution in [2.24, 2.45) is 0 Å². The summed E-state index contributed by atoms with van der Waals surface area (Å²) in [4.78, 5) is 16.4. The molecule has 4 nitrogen and oxygen atoms in total. The molecule has 0 spiro atoms. The van der Waals surface area contributed by atoms with E-state index in [4.69, 9.17) is 0 Å². The number of hydrogen-bond acceptors (Lipinski definition) is 3. The van der Waals surface area contributed by atoms with Gasteiger partial charge in [-0.3, -0.25) is 9.69 Å². The molecule has 4 heteroatoms. The van der Waals surface area contributed by atoms with Crippen LogP contribution >= 0.6 is 0 Å². The van der Waals surface area contributed by atoms with E-state index < -0.39 is 0 Å². The standard InChI is InChI=1S/C13H23N3O/c1-2-6-15-7-9-16(10-8-15)13(17)11-12-4-3-5-14-12/h2,12,14H,1,3-11H2. The van der Waals surface area contributed by atoms with Crippen molar-refractivity contribution in [3.05, 3.63) is 12.7 Å². The summed E-state index contributed by atoms with van der Waals surface area (Å²) in [6.45, 7) is 9.47. The highest BCUT2D eigenvalue weighted by Gasteiger charge is 2.24. The number of rotatable bonds is 4. The Hall–Kier alpha value is -0.870. The molecule has 0 saturated carbocycles. The van der Waals surface area contributed by atoms with Crippen LogP contribution in [0.2, 0.25) is 0 Å². The first-order valence-electron chi connectivity index (χ1n) is 6.64. The lowest BCUT2D eigenvalue weighted by Crippen LogP contribution is -2.49. The predicted molar refractivity (Wildman–Crippen MR) is 68.9 cm³/mol. The number of nitrogens with one attached hydrogen (secondary N) is 1. The predicted octanol–water partition coefficient (Wildman–Crippen LogP) is 0.459. The Morgan fingerprint density at radius 3 is 2.71 bits per heavy atom. The summed E-state index contributed by atoms with van der Waals surface area (Å²) in [5.41, 5.74) is 0. The van der Waals surface area contributed by atoms with Crippen LogP contribution in [0.1, 0.15) is 19.3 Å². The van der Waals surface area contributed by atoms with Gasteiger partial charge >= 0.3 is 0 Å². The molecular formula is C13H23N3O. The van der Waals surface area contributed by atoms with Gasteiger partial charge in [0, 0.05) is 45.2 Å². The average molecular weight is 237 g/mol. The Morgan fingerprint density at radius 1 is 1.35 bits per heavy atom. The summed E-state index contributed by atoms with van der Waals surface area (Å²) in [6, 6.07) is 0.425. The van der Waals surface area contributed by atoms with Gasteiger partial charge in [-0.2, -0.15) is 0 Å². The Balaban J connectivity index is 1.71. The van der Waals surface area contributed by atoms with Crippen molar-refractivity contribution in [3.63, 3.8) is 0 Å². The third-order valence-corrected chi connectivity index (χ3v) is 3.70. The van der Waals surface area contributed by atoms with Gasteiger partial charge in [-0.05, 0) is 19.4 Å². The maximum atomic E-state index is 12.1. The van der Waals surface area contributed by atoms with Gasteiger partial charge in [0.25, 0.3) is 0 Å². The van der Waals surface area contributed by atoms with Crippen LogP contribution in [0.3, 0.4) is 0 Å². The maximum Gasteiger partial charge on any atom is 0.224 e. The van der Waals surface area contributed by atoms with Crippen molar-refractivity contribution >= 4 is 5.91 Å². The molecule has 96 valence electrons. The minimum absolute atomic E-state index is 0.322. The third-order valence-electron chi connectivity index (χ3n) is 3.70. The largest absolute Gasteiger partial charge is 0.340 e. The number of carbonyl (C=O) groups is 1. The van der Waals surface area contributed by atoms with E-state index in [9.17, 15) is 4.79 Å². The quantitative estimate of drug-likeness (QED) is 0.722. The highest BCUT2D eigenvalue weighted by Crippen LogP contribution is 2.11. The van der Waals surface area contributed by atoms with Gasteiger partial charge in [-0.1, -0.05) is 6.08 Å². The molecular weight excluding hydrogens is 214 g/mol. The van der Waals surface area contributed by atoms with E-state index in [1.54, 1.807) is 0 Å². The van der Waals surface area contributed by atoms with E-state index in [1.165, 1.54) is 6.42 Å². The monoisotopic (exact) mass is 237 g/mol. The van der Waals surface area contributed by atoms with Crippen LogP contribution in [0.4, 0.5) is 0 Å². The SMILES string of the molecule is C=CCN1CCN(C(=O)CC2CCCN2)CC1. The molecule has 2 aliphatic rings. The lowest BCUT2D eigenvalue weighted by molar-refractivity contribution is -0.133. The summed E-state index contributed by atoms with van der Waals surface area (Å²) in [5, 5.41) is 3.38. The molecule has 0 bridgehead atoms. The molecule has 2 rings (SSSR count). The number of carbonyl (C=O) groups excluding carboxylic acids is 1. The van der Waals surface area contributed by atoms with E-state index in [0.29, 0.717) is 18.4 Å². The van der Waals surface area contributed by atoms with Gasteiger partial charge in [0.2, 0.25) is 5.91 Å². The van der Waals surface area contributed by atoms with Crippen molar-refractivity contribution in [2.45, 2.75) is 25.3 Å². The van der Waals surface area contributed by atoms with Gasteiger partial charge in [0.1, 0.15) is 0 Å². The van der Waals surface area contributed by atoms with Gasteiger partial charge in [-0.15, -0.1) is 6.58 Å². The van der Waals surface area contributed by atoms with Crippen LogP contribution in [-0.4, -0.2) is 61.0 Å². The van der Waals surface area contributed by atoms with Crippen molar-refractivity contribution < 1.29 is 4.79 Å². The van der Waals surface area contributed by atoms with E-state index in [-0.39, 0.29) is 0 Å². The minimum Gasteiger partial charge on any atom is -0.340 e. The zero-order valence-corrected chi connectivity index (χ0v) is 10.5. The lowest BCUT2D eigenvalue weighted by Gasteiger charge is -2.34. The first-order chi connectivity index (χ1) is 8.29.